The molecule has 1 heterocycles. The first-order chi connectivity index (χ1) is 10.2. The van der Waals surface area contributed by atoms with E-state index in [1.165, 1.54) is 0 Å². The minimum atomic E-state index is -0.108. The molecule has 1 aromatic rings. The van der Waals surface area contributed by atoms with Crippen molar-refractivity contribution in [3.63, 3.8) is 0 Å². The van der Waals surface area contributed by atoms with Gasteiger partial charge in [0.05, 0.1) is 33.0 Å². The van der Waals surface area contributed by atoms with Crippen LogP contribution in [0.4, 0.5) is 0 Å². The normalized spacial score (nSPS) is 21.0. The Morgan fingerprint density at radius 3 is 2.52 bits per heavy atom. The summed E-state index contributed by atoms with van der Waals surface area (Å²) in [6, 6.07) is 5.66. The molecule has 21 heavy (non-hydrogen) atoms. The number of nitrogens with zero attached hydrogens (tertiary/aromatic N) is 1. The van der Waals surface area contributed by atoms with E-state index < -0.39 is 0 Å². The lowest BCUT2D eigenvalue weighted by molar-refractivity contribution is -0.0457. The largest absolute Gasteiger partial charge is 0.497 e. The van der Waals surface area contributed by atoms with Crippen molar-refractivity contribution in [2.75, 3.05) is 40.5 Å². The van der Waals surface area contributed by atoms with Crippen molar-refractivity contribution in [2.24, 2.45) is 5.84 Å². The molecule has 0 aromatic heterocycles. The van der Waals surface area contributed by atoms with Gasteiger partial charge in [-0.25, -0.2) is 0 Å². The molecule has 0 aliphatic carbocycles. The molecule has 1 saturated heterocycles. The van der Waals surface area contributed by atoms with Crippen LogP contribution in [0.25, 0.3) is 0 Å². The highest BCUT2D eigenvalue weighted by Gasteiger charge is 2.28. The Morgan fingerprint density at radius 1 is 1.33 bits per heavy atom. The maximum atomic E-state index is 5.90. The van der Waals surface area contributed by atoms with E-state index in [0.717, 1.165) is 43.3 Å². The van der Waals surface area contributed by atoms with Crippen molar-refractivity contribution in [1.82, 2.24) is 10.3 Å². The van der Waals surface area contributed by atoms with Gasteiger partial charge in [-0.2, -0.15) is 0 Å². The first-order valence-corrected chi connectivity index (χ1v) is 7.24. The number of hydrogen-bond donors (Lipinski definition) is 2. The number of nitrogens with two attached hydrogens (primary N) is 1. The Morgan fingerprint density at radius 2 is 2.00 bits per heavy atom. The lowest BCUT2D eigenvalue weighted by atomic mass is 10.00. The topological polar surface area (TPSA) is 69.0 Å². The molecule has 2 atom stereocenters. The van der Waals surface area contributed by atoms with Gasteiger partial charge >= 0.3 is 0 Å². The summed E-state index contributed by atoms with van der Waals surface area (Å²) in [6.45, 7) is 5.70. The lowest BCUT2D eigenvalue weighted by Crippen LogP contribution is -2.49. The van der Waals surface area contributed by atoms with Gasteiger partial charge < -0.3 is 14.2 Å². The third kappa shape index (κ3) is 3.85. The lowest BCUT2D eigenvalue weighted by Gasteiger charge is -2.36. The van der Waals surface area contributed by atoms with E-state index in [2.05, 4.69) is 17.2 Å². The van der Waals surface area contributed by atoms with Crippen LogP contribution in [0, 0.1) is 0 Å². The first-order valence-electron chi connectivity index (χ1n) is 7.24. The number of hydrogen-bond acceptors (Lipinski definition) is 6. The second kappa shape index (κ2) is 7.61. The van der Waals surface area contributed by atoms with Crippen LogP contribution in [0.5, 0.6) is 11.5 Å². The highest BCUT2D eigenvalue weighted by Crippen LogP contribution is 2.29. The summed E-state index contributed by atoms with van der Waals surface area (Å²) in [5.74, 6) is 7.26. The molecule has 6 heteroatoms. The number of nitrogens with one attached hydrogen (secondary N) is 1. The molecule has 0 spiro atoms. The molecule has 0 saturated carbocycles. The number of ether oxygens (including phenoxy) is 3. The summed E-state index contributed by atoms with van der Waals surface area (Å²) in [5, 5.41) is 0. The fourth-order valence-corrected chi connectivity index (χ4v) is 2.65. The molecular formula is C15H25N3O3. The van der Waals surface area contributed by atoms with E-state index in [1.807, 2.05) is 18.2 Å². The standard InChI is InChI=1S/C15H25N3O3/c1-4-18-5-6-21-14(10-18)15(17-16)11-7-12(19-2)9-13(8-11)20-3/h7-9,14-15,17H,4-6,10,16H2,1-3H3. The predicted molar refractivity (Wildman–Crippen MR) is 81.5 cm³/mol. The van der Waals surface area contributed by atoms with Crippen LogP contribution >= 0.6 is 0 Å². The highest BCUT2D eigenvalue weighted by atomic mass is 16.5. The van der Waals surface area contributed by atoms with Gasteiger partial charge in [0.2, 0.25) is 0 Å². The maximum Gasteiger partial charge on any atom is 0.122 e. The highest BCUT2D eigenvalue weighted by molar-refractivity contribution is 5.40. The van der Waals surface area contributed by atoms with Crippen molar-refractivity contribution in [3.05, 3.63) is 23.8 Å². The zero-order valence-corrected chi connectivity index (χ0v) is 13.0. The second-order valence-corrected chi connectivity index (χ2v) is 5.09. The number of benzene rings is 1. The van der Waals surface area contributed by atoms with E-state index in [1.54, 1.807) is 14.2 Å². The number of morpholine rings is 1. The molecule has 0 amide bonds. The summed E-state index contributed by atoms with van der Waals surface area (Å²) in [5.41, 5.74) is 3.87. The van der Waals surface area contributed by atoms with Gasteiger partial charge in [-0.1, -0.05) is 6.92 Å². The first kappa shape index (κ1) is 16.0. The minimum absolute atomic E-state index is 0.000474. The van der Waals surface area contributed by atoms with Gasteiger partial charge in [0.15, 0.2) is 0 Å². The van der Waals surface area contributed by atoms with Gasteiger partial charge in [0, 0.05) is 19.2 Å². The molecule has 0 radical (unpaired) electrons. The van der Waals surface area contributed by atoms with Gasteiger partial charge in [-0.3, -0.25) is 16.2 Å². The molecule has 6 nitrogen and oxygen atoms in total. The monoisotopic (exact) mass is 295 g/mol. The fourth-order valence-electron chi connectivity index (χ4n) is 2.65. The smallest absolute Gasteiger partial charge is 0.122 e. The molecule has 118 valence electrons. The van der Waals surface area contributed by atoms with E-state index in [4.69, 9.17) is 20.1 Å². The summed E-state index contributed by atoms with van der Waals surface area (Å²) < 4.78 is 16.5. The van der Waals surface area contributed by atoms with Crippen LogP contribution < -0.4 is 20.7 Å². The average molecular weight is 295 g/mol. The van der Waals surface area contributed by atoms with Crippen LogP contribution in [0.2, 0.25) is 0 Å². The molecular weight excluding hydrogens is 270 g/mol. The predicted octanol–water partition coefficient (Wildman–Crippen LogP) is 0.929. The van der Waals surface area contributed by atoms with Gasteiger partial charge in [0.1, 0.15) is 11.5 Å². The van der Waals surface area contributed by atoms with Gasteiger partial charge in [-0.15, -0.1) is 0 Å². The second-order valence-electron chi connectivity index (χ2n) is 5.09. The van der Waals surface area contributed by atoms with Crippen molar-refractivity contribution < 1.29 is 14.2 Å². The van der Waals surface area contributed by atoms with Crippen LogP contribution in [0.1, 0.15) is 18.5 Å². The summed E-state index contributed by atoms with van der Waals surface area (Å²) >= 11 is 0. The van der Waals surface area contributed by atoms with Crippen molar-refractivity contribution in [2.45, 2.75) is 19.1 Å². The number of methoxy groups -OCH3 is 2. The van der Waals surface area contributed by atoms with Gasteiger partial charge in [-0.05, 0) is 24.2 Å². The van der Waals surface area contributed by atoms with Crippen molar-refractivity contribution in [1.29, 1.82) is 0 Å². The number of rotatable bonds is 6. The van der Waals surface area contributed by atoms with E-state index in [-0.39, 0.29) is 12.1 Å². The van der Waals surface area contributed by atoms with E-state index >= 15 is 0 Å². The Labute approximate surface area is 126 Å². The third-order valence-electron chi connectivity index (χ3n) is 3.91. The molecule has 1 aliphatic heterocycles. The average Bonchev–Trinajstić information content (AvgIpc) is 2.55. The van der Waals surface area contributed by atoms with E-state index in [0.29, 0.717) is 0 Å². The van der Waals surface area contributed by atoms with Crippen molar-refractivity contribution >= 4 is 0 Å². The summed E-state index contributed by atoms with van der Waals surface area (Å²) in [4.78, 5) is 2.36. The zero-order valence-electron chi connectivity index (χ0n) is 13.0. The number of hydrazine groups is 1. The minimum Gasteiger partial charge on any atom is -0.497 e. The fraction of sp³-hybridized carbons (Fsp3) is 0.600. The molecule has 1 aliphatic rings. The van der Waals surface area contributed by atoms with Crippen molar-refractivity contribution in [3.8, 4) is 11.5 Å². The molecule has 2 unspecified atom stereocenters. The molecule has 1 aromatic carbocycles. The third-order valence-corrected chi connectivity index (χ3v) is 3.91. The Bertz CT molecular complexity index is 434. The number of likely N-dealkylation sites (N-methyl/N-ethyl adjacent to an activating group) is 1. The summed E-state index contributed by atoms with van der Waals surface area (Å²) in [6.07, 6.45) is 0.000474. The Kier molecular flexibility index (Phi) is 5.81. The quantitative estimate of drug-likeness (QED) is 0.601. The SMILES string of the molecule is CCN1CCOC(C(NN)c2cc(OC)cc(OC)c2)C1. The summed E-state index contributed by atoms with van der Waals surface area (Å²) in [7, 11) is 3.28. The van der Waals surface area contributed by atoms with Crippen LogP contribution in [-0.4, -0.2) is 51.5 Å². The maximum absolute atomic E-state index is 5.90. The molecule has 3 N–H and O–H groups in total. The van der Waals surface area contributed by atoms with Gasteiger partial charge in [0.25, 0.3) is 0 Å². The molecule has 0 bridgehead atoms. The van der Waals surface area contributed by atoms with Crippen LogP contribution in [0.3, 0.4) is 0 Å². The Balaban J connectivity index is 2.23. The molecule has 1 fully saturated rings. The van der Waals surface area contributed by atoms with Crippen LogP contribution in [-0.2, 0) is 4.74 Å². The molecule has 2 rings (SSSR count). The Hall–Kier alpha value is -1.34. The zero-order chi connectivity index (χ0) is 15.2. The van der Waals surface area contributed by atoms with E-state index in [9.17, 15) is 0 Å². The van der Waals surface area contributed by atoms with Crippen LogP contribution in [0.15, 0.2) is 18.2 Å².